The van der Waals surface area contributed by atoms with Crippen LogP contribution < -0.4 is 5.32 Å². The molecule has 108 valence electrons. The lowest BCUT2D eigenvalue weighted by Gasteiger charge is -2.39. The van der Waals surface area contributed by atoms with Gasteiger partial charge < -0.3 is 10.2 Å². The van der Waals surface area contributed by atoms with Crippen molar-refractivity contribution >= 4 is 5.91 Å². The SMILES string of the molecule is CCc1ccc(C(=O)N2CCC3(CCCN3)CC2)cc1. The lowest BCUT2D eigenvalue weighted by atomic mass is 9.86. The molecule has 0 saturated carbocycles. The first kappa shape index (κ1) is 13.6. The number of rotatable bonds is 2. The van der Waals surface area contributed by atoms with Crippen molar-refractivity contribution in [1.82, 2.24) is 10.2 Å². The van der Waals surface area contributed by atoms with E-state index in [2.05, 4.69) is 24.4 Å². The molecule has 0 atom stereocenters. The Morgan fingerprint density at radius 2 is 1.90 bits per heavy atom. The third kappa shape index (κ3) is 2.59. The monoisotopic (exact) mass is 272 g/mol. The van der Waals surface area contributed by atoms with Crippen LogP contribution in [-0.2, 0) is 6.42 Å². The van der Waals surface area contributed by atoms with Crippen LogP contribution in [0.25, 0.3) is 0 Å². The number of likely N-dealkylation sites (tertiary alicyclic amines) is 1. The fourth-order valence-electron chi connectivity index (χ4n) is 3.50. The Bertz CT molecular complexity index is 464. The zero-order valence-electron chi connectivity index (χ0n) is 12.3. The highest BCUT2D eigenvalue weighted by Crippen LogP contribution is 2.31. The van der Waals surface area contributed by atoms with Gasteiger partial charge in [-0.1, -0.05) is 19.1 Å². The highest BCUT2D eigenvalue weighted by atomic mass is 16.2. The molecule has 1 N–H and O–H groups in total. The molecule has 0 bridgehead atoms. The summed E-state index contributed by atoms with van der Waals surface area (Å²) in [5, 5.41) is 3.65. The molecule has 2 aliphatic rings. The number of hydrogen-bond donors (Lipinski definition) is 1. The van der Waals surface area contributed by atoms with E-state index in [4.69, 9.17) is 0 Å². The van der Waals surface area contributed by atoms with Gasteiger partial charge in [0.25, 0.3) is 5.91 Å². The molecule has 1 spiro atoms. The molecule has 20 heavy (non-hydrogen) atoms. The van der Waals surface area contributed by atoms with Crippen LogP contribution >= 0.6 is 0 Å². The van der Waals surface area contributed by atoms with Gasteiger partial charge in [0.15, 0.2) is 0 Å². The number of carbonyl (C=O) groups is 1. The molecular formula is C17H24N2O. The summed E-state index contributed by atoms with van der Waals surface area (Å²) in [6.45, 7) is 5.06. The zero-order chi connectivity index (χ0) is 14.0. The zero-order valence-corrected chi connectivity index (χ0v) is 12.3. The molecule has 2 heterocycles. The van der Waals surface area contributed by atoms with E-state index in [-0.39, 0.29) is 5.91 Å². The van der Waals surface area contributed by atoms with Crippen LogP contribution in [0.3, 0.4) is 0 Å². The van der Waals surface area contributed by atoms with Gasteiger partial charge in [-0.05, 0) is 56.3 Å². The van der Waals surface area contributed by atoms with Crippen molar-refractivity contribution in [2.24, 2.45) is 0 Å². The van der Waals surface area contributed by atoms with E-state index in [1.807, 2.05) is 17.0 Å². The van der Waals surface area contributed by atoms with Crippen molar-refractivity contribution in [3.63, 3.8) is 0 Å². The maximum Gasteiger partial charge on any atom is 0.253 e. The summed E-state index contributed by atoms with van der Waals surface area (Å²) >= 11 is 0. The van der Waals surface area contributed by atoms with Gasteiger partial charge in [0.2, 0.25) is 0 Å². The second kappa shape index (κ2) is 5.57. The van der Waals surface area contributed by atoms with Crippen molar-refractivity contribution in [2.75, 3.05) is 19.6 Å². The molecule has 2 fully saturated rings. The van der Waals surface area contributed by atoms with Gasteiger partial charge in [-0.2, -0.15) is 0 Å². The average Bonchev–Trinajstić information content (AvgIpc) is 2.96. The molecule has 0 aromatic heterocycles. The standard InChI is InChI=1S/C17H24N2O/c1-2-14-4-6-15(7-5-14)16(20)19-12-9-17(10-13-19)8-3-11-18-17/h4-7,18H,2-3,8-13H2,1H3. The van der Waals surface area contributed by atoms with Gasteiger partial charge in [0.05, 0.1) is 0 Å². The molecule has 0 unspecified atom stereocenters. The van der Waals surface area contributed by atoms with Crippen LogP contribution in [0, 0.1) is 0 Å². The van der Waals surface area contributed by atoms with E-state index in [9.17, 15) is 4.79 Å². The smallest absolute Gasteiger partial charge is 0.253 e. The lowest BCUT2D eigenvalue weighted by Crippen LogP contribution is -2.51. The van der Waals surface area contributed by atoms with Crippen molar-refractivity contribution in [3.8, 4) is 0 Å². The Morgan fingerprint density at radius 1 is 1.20 bits per heavy atom. The third-order valence-corrected chi connectivity index (χ3v) is 4.95. The molecular weight excluding hydrogens is 248 g/mol. The molecule has 2 saturated heterocycles. The number of carbonyl (C=O) groups excluding carboxylic acids is 1. The van der Waals surface area contributed by atoms with Crippen LogP contribution in [0.2, 0.25) is 0 Å². The van der Waals surface area contributed by atoms with E-state index in [0.717, 1.165) is 44.5 Å². The minimum atomic E-state index is 0.195. The maximum absolute atomic E-state index is 12.5. The Labute approximate surface area is 121 Å². The van der Waals surface area contributed by atoms with Crippen LogP contribution in [0.4, 0.5) is 0 Å². The lowest BCUT2D eigenvalue weighted by molar-refractivity contribution is 0.0657. The molecule has 0 aliphatic carbocycles. The predicted molar refractivity (Wildman–Crippen MR) is 80.9 cm³/mol. The molecule has 2 aliphatic heterocycles. The minimum Gasteiger partial charge on any atom is -0.339 e. The summed E-state index contributed by atoms with van der Waals surface area (Å²) in [6.07, 6.45) is 5.79. The Morgan fingerprint density at radius 3 is 2.45 bits per heavy atom. The first-order valence-electron chi connectivity index (χ1n) is 7.86. The van der Waals surface area contributed by atoms with Crippen LogP contribution in [0.5, 0.6) is 0 Å². The highest BCUT2D eigenvalue weighted by molar-refractivity contribution is 5.94. The largest absolute Gasteiger partial charge is 0.339 e. The number of piperidine rings is 1. The molecule has 3 nitrogen and oxygen atoms in total. The van der Waals surface area contributed by atoms with E-state index >= 15 is 0 Å². The second-order valence-electron chi connectivity index (χ2n) is 6.15. The first-order chi connectivity index (χ1) is 9.72. The van der Waals surface area contributed by atoms with Crippen LogP contribution in [0.1, 0.15) is 48.5 Å². The number of amides is 1. The summed E-state index contributed by atoms with van der Waals surface area (Å²) in [5.74, 6) is 0.195. The maximum atomic E-state index is 12.5. The molecule has 3 rings (SSSR count). The van der Waals surface area contributed by atoms with Crippen LogP contribution in [-0.4, -0.2) is 36.0 Å². The number of aryl methyl sites for hydroxylation is 1. The Hall–Kier alpha value is -1.35. The molecule has 1 amide bonds. The summed E-state index contributed by atoms with van der Waals surface area (Å²) in [7, 11) is 0. The van der Waals surface area contributed by atoms with Gasteiger partial charge in [0, 0.05) is 24.2 Å². The minimum absolute atomic E-state index is 0.195. The first-order valence-corrected chi connectivity index (χ1v) is 7.86. The topological polar surface area (TPSA) is 32.3 Å². The Balaban J connectivity index is 1.63. The average molecular weight is 272 g/mol. The quantitative estimate of drug-likeness (QED) is 0.897. The summed E-state index contributed by atoms with van der Waals surface area (Å²) in [6, 6.07) is 8.08. The van der Waals surface area contributed by atoms with Crippen molar-refractivity contribution in [3.05, 3.63) is 35.4 Å². The number of benzene rings is 1. The molecule has 3 heteroatoms. The van der Waals surface area contributed by atoms with E-state index in [1.165, 1.54) is 18.4 Å². The summed E-state index contributed by atoms with van der Waals surface area (Å²) < 4.78 is 0. The number of nitrogens with one attached hydrogen (secondary N) is 1. The number of hydrogen-bond acceptors (Lipinski definition) is 2. The molecule has 1 aromatic rings. The summed E-state index contributed by atoms with van der Waals surface area (Å²) in [4.78, 5) is 14.5. The van der Waals surface area contributed by atoms with Gasteiger partial charge in [0.1, 0.15) is 0 Å². The van der Waals surface area contributed by atoms with E-state index in [1.54, 1.807) is 0 Å². The highest BCUT2D eigenvalue weighted by Gasteiger charge is 2.37. The predicted octanol–water partition coefficient (Wildman–Crippen LogP) is 2.61. The fourth-order valence-corrected chi connectivity index (χ4v) is 3.50. The van der Waals surface area contributed by atoms with Gasteiger partial charge in [-0.3, -0.25) is 4.79 Å². The Kier molecular flexibility index (Phi) is 3.79. The van der Waals surface area contributed by atoms with Crippen molar-refractivity contribution in [1.29, 1.82) is 0 Å². The molecule has 0 radical (unpaired) electrons. The molecule has 1 aromatic carbocycles. The van der Waals surface area contributed by atoms with Crippen LogP contribution in [0.15, 0.2) is 24.3 Å². The van der Waals surface area contributed by atoms with Gasteiger partial charge >= 0.3 is 0 Å². The normalized spacial score (nSPS) is 21.4. The summed E-state index contributed by atoms with van der Waals surface area (Å²) in [5.41, 5.74) is 2.45. The van der Waals surface area contributed by atoms with Crippen molar-refractivity contribution in [2.45, 2.75) is 44.6 Å². The van der Waals surface area contributed by atoms with E-state index in [0.29, 0.717) is 5.54 Å². The van der Waals surface area contributed by atoms with Gasteiger partial charge in [-0.15, -0.1) is 0 Å². The van der Waals surface area contributed by atoms with E-state index < -0.39 is 0 Å². The van der Waals surface area contributed by atoms with Gasteiger partial charge in [-0.25, -0.2) is 0 Å². The fraction of sp³-hybridized carbons (Fsp3) is 0.588. The number of nitrogens with zero attached hydrogens (tertiary/aromatic N) is 1. The third-order valence-electron chi connectivity index (χ3n) is 4.95. The second-order valence-corrected chi connectivity index (χ2v) is 6.15. The van der Waals surface area contributed by atoms with Crippen molar-refractivity contribution < 1.29 is 4.79 Å².